The SMILES string of the molecule is Cc1c([C@@H](O)CN2C3CCC2C2CCC3N2C(=O)c2ccc(-n3cn[nH]3)nc2)ccc2c1COC2=O. The fraction of sp³-hybridized carbons (Fsp3) is 0.462. The van der Waals surface area contributed by atoms with E-state index in [2.05, 4.69) is 25.1 Å². The van der Waals surface area contributed by atoms with Gasteiger partial charge in [-0.05, 0) is 61.9 Å². The third-order valence-electron chi connectivity index (χ3n) is 8.74. The number of hydrogen-bond donors (Lipinski definition) is 2. The number of hydrogen-bond acceptors (Lipinski definition) is 7. The first-order chi connectivity index (χ1) is 17.5. The van der Waals surface area contributed by atoms with Gasteiger partial charge in [0.15, 0.2) is 5.82 Å². The van der Waals surface area contributed by atoms with Crippen molar-refractivity contribution in [2.45, 2.75) is 69.5 Å². The number of aliphatic hydroxyl groups excluding tert-OH is 1. The van der Waals surface area contributed by atoms with Crippen molar-refractivity contribution in [2.24, 2.45) is 0 Å². The molecular weight excluding hydrogens is 460 g/mol. The molecule has 0 aliphatic carbocycles. The van der Waals surface area contributed by atoms with Crippen LogP contribution in [0, 0.1) is 6.92 Å². The van der Waals surface area contributed by atoms with Gasteiger partial charge < -0.3 is 14.7 Å². The van der Waals surface area contributed by atoms with E-state index in [1.165, 1.54) is 0 Å². The number of piperazine rings is 1. The third-order valence-corrected chi connectivity index (χ3v) is 8.74. The van der Waals surface area contributed by atoms with Crippen LogP contribution in [0.5, 0.6) is 0 Å². The molecule has 0 spiro atoms. The Morgan fingerprint density at radius 1 is 1.14 bits per heavy atom. The number of cyclic esters (lactones) is 1. The van der Waals surface area contributed by atoms with Crippen LogP contribution in [0.2, 0.25) is 0 Å². The molecule has 3 saturated heterocycles. The number of pyridine rings is 1. The summed E-state index contributed by atoms with van der Waals surface area (Å²) in [6.07, 6.45) is 6.66. The Morgan fingerprint density at radius 2 is 1.86 bits per heavy atom. The summed E-state index contributed by atoms with van der Waals surface area (Å²) in [5, 5.41) is 17.9. The average molecular weight is 489 g/mol. The maximum atomic E-state index is 13.6. The van der Waals surface area contributed by atoms with E-state index >= 15 is 0 Å². The summed E-state index contributed by atoms with van der Waals surface area (Å²) in [4.78, 5) is 34.5. The van der Waals surface area contributed by atoms with Crippen molar-refractivity contribution in [1.82, 2.24) is 29.8 Å². The predicted octanol–water partition coefficient (Wildman–Crippen LogP) is 2.13. The number of amides is 1. The van der Waals surface area contributed by atoms with Crippen LogP contribution < -0.4 is 0 Å². The Balaban J connectivity index is 1.10. The highest BCUT2D eigenvalue weighted by Gasteiger charge is 2.56. The molecule has 2 aromatic heterocycles. The van der Waals surface area contributed by atoms with Gasteiger partial charge in [-0.25, -0.2) is 19.7 Å². The summed E-state index contributed by atoms with van der Waals surface area (Å²) in [6.45, 7) is 2.76. The molecule has 10 nitrogen and oxygen atoms in total. The van der Waals surface area contributed by atoms with E-state index in [0.29, 0.717) is 23.5 Å². The van der Waals surface area contributed by atoms with Gasteiger partial charge in [-0.1, -0.05) is 6.07 Å². The summed E-state index contributed by atoms with van der Waals surface area (Å²) >= 11 is 0. The van der Waals surface area contributed by atoms with Gasteiger partial charge in [-0.3, -0.25) is 9.69 Å². The van der Waals surface area contributed by atoms with Gasteiger partial charge in [0.05, 0.1) is 17.2 Å². The molecule has 186 valence electrons. The number of rotatable bonds is 5. The van der Waals surface area contributed by atoms with Gasteiger partial charge in [-0.15, -0.1) is 5.10 Å². The van der Waals surface area contributed by atoms with Crippen LogP contribution in [-0.4, -0.2) is 77.5 Å². The molecule has 1 amide bonds. The number of carbonyl (C=O) groups excluding carboxylic acids is 2. The average Bonchev–Trinajstić information content (AvgIpc) is 3.49. The van der Waals surface area contributed by atoms with Gasteiger partial charge in [0.2, 0.25) is 0 Å². The van der Waals surface area contributed by atoms with E-state index < -0.39 is 6.10 Å². The van der Waals surface area contributed by atoms with Crippen LogP contribution in [0.1, 0.15) is 69.2 Å². The molecule has 4 bridgehead atoms. The number of carbonyl (C=O) groups is 2. The first-order valence-electron chi connectivity index (χ1n) is 12.6. The number of benzene rings is 1. The second kappa shape index (κ2) is 8.01. The minimum Gasteiger partial charge on any atom is -0.457 e. The van der Waals surface area contributed by atoms with E-state index in [-0.39, 0.29) is 42.7 Å². The standard InChI is InChI=1S/C26H28N6O4/c1-14-16(3-4-17-18(14)12-36-26(17)35)23(33)11-30-19-5-6-20(30)22-8-7-21(19)32(22)25(34)15-2-9-24(27-10-15)31-13-28-29-31/h2-4,9-10,13,19-23,29,33H,5-8,11-12H2,1H3/t19?,20?,21?,22?,23-/m0/s1. The number of esters is 1. The van der Waals surface area contributed by atoms with Crippen molar-refractivity contribution in [3.63, 3.8) is 0 Å². The fourth-order valence-electron chi connectivity index (χ4n) is 7.00. The monoisotopic (exact) mass is 488 g/mol. The molecule has 0 saturated carbocycles. The minimum atomic E-state index is -0.661. The molecule has 10 heteroatoms. The second-order valence-electron chi connectivity index (χ2n) is 10.4. The molecule has 1 aromatic carbocycles. The lowest BCUT2D eigenvalue weighted by atomic mass is 9.94. The van der Waals surface area contributed by atoms with E-state index in [4.69, 9.17) is 4.74 Å². The largest absolute Gasteiger partial charge is 0.457 e. The summed E-state index contributed by atoms with van der Waals surface area (Å²) in [6, 6.07) is 8.05. The number of fused-ring (bicyclic) bond motifs is 7. The fourth-order valence-corrected chi connectivity index (χ4v) is 7.00. The highest BCUT2D eigenvalue weighted by atomic mass is 16.5. The summed E-state index contributed by atoms with van der Waals surface area (Å²) < 4.78 is 6.87. The molecule has 4 unspecified atom stereocenters. The number of nitrogens with one attached hydrogen (secondary N) is 1. The molecule has 0 radical (unpaired) electrons. The normalized spacial score (nSPS) is 27.4. The van der Waals surface area contributed by atoms with E-state index in [1.807, 2.05) is 25.1 Å². The zero-order chi connectivity index (χ0) is 24.6. The molecule has 36 heavy (non-hydrogen) atoms. The van der Waals surface area contributed by atoms with Crippen LogP contribution in [-0.2, 0) is 11.3 Å². The molecule has 3 fully saturated rings. The van der Waals surface area contributed by atoms with E-state index in [1.54, 1.807) is 23.3 Å². The smallest absolute Gasteiger partial charge is 0.338 e. The molecule has 6 heterocycles. The predicted molar refractivity (Wildman–Crippen MR) is 127 cm³/mol. The van der Waals surface area contributed by atoms with Crippen molar-refractivity contribution < 1.29 is 19.4 Å². The third kappa shape index (κ3) is 3.10. The second-order valence-corrected chi connectivity index (χ2v) is 10.4. The number of aliphatic hydroxyl groups is 1. The van der Waals surface area contributed by atoms with Crippen LogP contribution in [0.25, 0.3) is 5.82 Å². The lowest BCUT2D eigenvalue weighted by molar-refractivity contribution is -0.00956. The topological polar surface area (TPSA) is 117 Å². The molecular formula is C26H28N6O4. The van der Waals surface area contributed by atoms with Crippen molar-refractivity contribution >= 4 is 11.9 Å². The van der Waals surface area contributed by atoms with Crippen LogP contribution in [0.15, 0.2) is 36.8 Å². The lowest BCUT2D eigenvalue weighted by Crippen LogP contribution is -2.62. The van der Waals surface area contributed by atoms with E-state index in [9.17, 15) is 14.7 Å². The number of ether oxygens (including phenoxy) is 1. The summed E-state index contributed by atoms with van der Waals surface area (Å²) in [5.74, 6) is 0.449. The van der Waals surface area contributed by atoms with Crippen LogP contribution in [0.3, 0.4) is 0 Å². The Labute approximate surface area is 207 Å². The molecule has 4 aliphatic heterocycles. The maximum Gasteiger partial charge on any atom is 0.338 e. The molecule has 5 atom stereocenters. The van der Waals surface area contributed by atoms with Gasteiger partial charge in [-0.2, -0.15) is 0 Å². The first-order valence-corrected chi connectivity index (χ1v) is 12.6. The molecule has 4 aliphatic rings. The number of aromatic amines is 1. The van der Waals surface area contributed by atoms with Crippen molar-refractivity contribution in [3.05, 3.63) is 64.6 Å². The van der Waals surface area contributed by atoms with Crippen LogP contribution in [0.4, 0.5) is 0 Å². The zero-order valence-electron chi connectivity index (χ0n) is 20.0. The highest BCUT2D eigenvalue weighted by molar-refractivity contribution is 5.95. The molecule has 3 aromatic rings. The minimum absolute atomic E-state index is 0.0445. The Kier molecular flexibility index (Phi) is 4.84. The summed E-state index contributed by atoms with van der Waals surface area (Å²) in [5.41, 5.74) is 3.87. The van der Waals surface area contributed by atoms with Crippen molar-refractivity contribution in [1.29, 1.82) is 0 Å². The number of H-pyrrole nitrogens is 1. The maximum absolute atomic E-state index is 13.6. The molecule has 7 rings (SSSR count). The zero-order valence-corrected chi connectivity index (χ0v) is 20.0. The van der Waals surface area contributed by atoms with Crippen molar-refractivity contribution in [2.75, 3.05) is 6.54 Å². The Hall–Kier alpha value is -3.50. The highest BCUT2D eigenvalue weighted by Crippen LogP contribution is 2.47. The summed E-state index contributed by atoms with van der Waals surface area (Å²) in [7, 11) is 0. The quantitative estimate of drug-likeness (QED) is 0.529. The van der Waals surface area contributed by atoms with E-state index in [0.717, 1.165) is 42.4 Å². The first kappa shape index (κ1) is 21.8. The number of aromatic nitrogens is 4. The van der Waals surface area contributed by atoms with Crippen molar-refractivity contribution in [3.8, 4) is 5.82 Å². The lowest BCUT2D eigenvalue weighted by Gasteiger charge is -2.47. The van der Waals surface area contributed by atoms with Gasteiger partial charge in [0.25, 0.3) is 5.91 Å². The Morgan fingerprint density at radius 3 is 2.50 bits per heavy atom. The Bertz CT molecular complexity index is 1320. The molecule has 2 N–H and O–H groups in total. The number of nitrogens with zero attached hydrogens (tertiary/aromatic N) is 5. The van der Waals surface area contributed by atoms with Gasteiger partial charge >= 0.3 is 5.97 Å². The van der Waals surface area contributed by atoms with Gasteiger partial charge in [0, 0.05) is 42.5 Å². The van der Waals surface area contributed by atoms with Gasteiger partial charge in [0.1, 0.15) is 12.9 Å². The van der Waals surface area contributed by atoms with Crippen LogP contribution >= 0.6 is 0 Å².